The number of pyridine rings is 1. The summed E-state index contributed by atoms with van der Waals surface area (Å²) in [7, 11) is 2.00. The number of halogens is 1. The molecule has 3 heterocycles. The largest absolute Gasteiger partial charge is 0.345 e. The summed E-state index contributed by atoms with van der Waals surface area (Å²) in [5.74, 6) is -2.12. The fourth-order valence-electron chi connectivity index (χ4n) is 3.29. The lowest BCUT2D eigenvalue weighted by Crippen LogP contribution is -2.53. The molecule has 0 radical (unpaired) electrons. The number of hydrogen-bond acceptors (Lipinski definition) is 9. The number of hydrogen-bond donors (Lipinski definition) is 3. The fraction of sp³-hybridized carbons (Fsp3) is 0.429. The van der Waals surface area contributed by atoms with Gasteiger partial charge in [-0.3, -0.25) is 14.4 Å². The third kappa shape index (κ3) is 5.95. The minimum Gasteiger partial charge on any atom is -0.345 e. The van der Waals surface area contributed by atoms with Crippen molar-refractivity contribution in [3.8, 4) is 0 Å². The standard InChI is InChI=1S/C21H24ClN7O4S/c1-28-7-6-15-16(10-28)34-20(26-15)18(31)25-14(11-30)9-24-19(32)21(33)29(27-13-3-4-13)17-5-2-12(22)8-23-17/h2,5,8,11,13-14,27H,3-4,6-7,9-10H2,1H3,(H,24,32)(H,25,31). The van der Waals surface area contributed by atoms with Gasteiger partial charge < -0.3 is 20.3 Å². The third-order valence-electron chi connectivity index (χ3n) is 5.31. The molecule has 34 heavy (non-hydrogen) atoms. The Balaban J connectivity index is 1.34. The lowest BCUT2D eigenvalue weighted by Gasteiger charge is -2.22. The van der Waals surface area contributed by atoms with Crippen molar-refractivity contribution >= 4 is 52.8 Å². The average molecular weight is 506 g/mol. The van der Waals surface area contributed by atoms with Gasteiger partial charge in [0.1, 0.15) is 12.3 Å². The van der Waals surface area contributed by atoms with Gasteiger partial charge in [-0.1, -0.05) is 11.6 Å². The number of carbonyl (C=O) groups is 4. The van der Waals surface area contributed by atoms with Gasteiger partial charge in [-0.15, -0.1) is 11.3 Å². The zero-order valence-electron chi connectivity index (χ0n) is 18.4. The first-order valence-corrected chi connectivity index (χ1v) is 12.0. The summed E-state index contributed by atoms with van der Waals surface area (Å²) in [4.78, 5) is 61.0. The molecule has 2 aliphatic rings. The van der Waals surface area contributed by atoms with Crippen LogP contribution < -0.4 is 21.1 Å². The number of fused-ring (bicyclic) bond motifs is 1. The second kappa shape index (κ2) is 10.6. The second-order valence-corrected chi connectivity index (χ2v) is 9.70. The second-order valence-electron chi connectivity index (χ2n) is 8.18. The highest BCUT2D eigenvalue weighted by Gasteiger charge is 2.31. The van der Waals surface area contributed by atoms with Crippen LogP contribution in [0.15, 0.2) is 18.3 Å². The monoisotopic (exact) mass is 505 g/mol. The molecule has 2 aromatic heterocycles. The Morgan fingerprint density at radius 3 is 2.82 bits per heavy atom. The van der Waals surface area contributed by atoms with Crippen molar-refractivity contribution < 1.29 is 19.2 Å². The number of nitrogens with zero attached hydrogens (tertiary/aromatic N) is 4. The van der Waals surface area contributed by atoms with Crippen LogP contribution in [-0.2, 0) is 27.3 Å². The highest BCUT2D eigenvalue weighted by Crippen LogP contribution is 2.24. The summed E-state index contributed by atoms with van der Waals surface area (Å²) in [5.41, 5.74) is 3.85. The molecule has 1 atom stereocenters. The van der Waals surface area contributed by atoms with E-state index in [4.69, 9.17) is 11.6 Å². The molecule has 0 bridgehead atoms. The van der Waals surface area contributed by atoms with Crippen LogP contribution in [0.4, 0.5) is 5.82 Å². The zero-order chi connectivity index (χ0) is 24.2. The molecule has 2 aromatic rings. The maximum atomic E-state index is 12.8. The van der Waals surface area contributed by atoms with Crippen LogP contribution in [0.1, 0.15) is 33.2 Å². The molecule has 3 N–H and O–H groups in total. The zero-order valence-corrected chi connectivity index (χ0v) is 20.0. The first-order valence-electron chi connectivity index (χ1n) is 10.8. The van der Waals surface area contributed by atoms with Gasteiger partial charge in [0.15, 0.2) is 10.8 Å². The predicted octanol–water partition coefficient (Wildman–Crippen LogP) is 0.293. The number of likely N-dealkylation sites (N-methyl/N-ethyl adjacent to an activating group) is 1. The van der Waals surface area contributed by atoms with Gasteiger partial charge >= 0.3 is 11.8 Å². The van der Waals surface area contributed by atoms with Crippen LogP contribution in [0, 0.1) is 0 Å². The van der Waals surface area contributed by atoms with Gasteiger partial charge in [0, 0.05) is 43.2 Å². The van der Waals surface area contributed by atoms with Crippen molar-refractivity contribution in [1.29, 1.82) is 0 Å². The summed E-state index contributed by atoms with van der Waals surface area (Å²) < 4.78 is 0. The Morgan fingerprint density at radius 2 is 2.15 bits per heavy atom. The van der Waals surface area contributed by atoms with Gasteiger partial charge in [-0.25, -0.2) is 20.4 Å². The number of anilines is 1. The molecule has 11 nitrogen and oxygen atoms in total. The quantitative estimate of drug-likeness (QED) is 0.264. The van der Waals surface area contributed by atoms with Crippen LogP contribution in [-0.4, -0.2) is 71.1 Å². The molecule has 1 unspecified atom stereocenters. The lowest BCUT2D eigenvalue weighted by molar-refractivity contribution is -0.138. The Morgan fingerprint density at radius 1 is 1.35 bits per heavy atom. The molecule has 0 spiro atoms. The summed E-state index contributed by atoms with van der Waals surface area (Å²) in [6, 6.07) is 2.12. The minimum atomic E-state index is -1.02. The highest BCUT2D eigenvalue weighted by molar-refractivity contribution is 7.13. The molecule has 0 saturated heterocycles. The molecule has 13 heteroatoms. The summed E-state index contributed by atoms with van der Waals surface area (Å²) in [5, 5.41) is 6.68. The van der Waals surface area contributed by atoms with E-state index in [0.29, 0.717) is 11.3 Å². The summed E-state index contributed by atoms with van der Waals surface area (Å²) in [6.07, 6.45) is 4.38. The number of thiazole rings is 1. The van der Waals surface area contributed by atoms with Crippen LogP contribution in [0.5, 0.6) is 0 Å². The molecule has 0 aromatic carbocycles. The van der Waals surface area contributed by atoms with E-state index in [-0.39, 0.29) is 23.4 Å². The topological polar surface area (TPSA) is 137 Å². The van der Waals surface area contributed by atoms with Gasteiger partial charge in [0.25, 0.3) is 5.91 Å². The van der Waals surface area contributed by atoms with E-state index in [2.05, 4.69) is 30.9 Å². The maximum Gasteiger partial charge on any atom is 0.331 e. The number of amides is 3. The molecule has 4 rings (SSSR count). The molecule has 3 amide bonds. The maximum absolute atomic E-state index is 12.8. The number of nitrogens with one attached hydrogen (secondary N) is 3. The molecule has 1 aliphatic heterocycles. The Bertz CT molecular complexity index is 1090. The number of rotatable bonds is 8. The van der Waals surface area contributed by atoms with Crippen molar-refractivity contribution in [3.05, 3.63) is 38.9 Å². The first kappa shape index (κ1) is 24.2. The van der Waals surface area contributed by atoms with Crippen molar-refractivity contribution in [2.45, 2.75) is 37.9 Å². The molecule has 1 aliphatic carbocycles. The normalized spacial score (nSPS) is 16.3. The highest BCUT2D eigenvalue weighted by atomic mass is 35.5. The first-order chi connectivity index (χ1) is 16.3. The Labute approximate surface area is 204 Å². The van der Waals surface area contributed by atoms with Crippen molar-refractivity contribution in [1.82, 2.24) is 30.9 Å². The fourth-order valence-corrected chi connectivity index (χ4v) is 4.49. The van der Waals surface area contributed by atoms with Gasteiger partial charge in [0.05, 0.1) is 10.7 Å². The minimum absolute atomic E-state index is 0.0696. The molecular weight excluding hydrogens is 482 g/mol. The smallest absolute Gasteiger partial charge is 0.331 e. The van der Waals surface area contributed by atoms with Crippen LogP contribution in [0.25, 0.3) is 0 Å². The number of carbonyl (C=O) groups excluding carboxylic acids is 4. The summed E-state index contributed by atoms with van der Waals surface area (Å²) >= 11 is 7.15. The van der Waals surface area contributed by atoms with E-state index in [1.54, 1.807) is 6.07 Å². The lowest BCUT2D eigenvalue weighted by atomic mass is 10.2. The molecular formula is C21H24ClN7O4S. The number of aldehydes is 1. The van der Waals surface area contributed by atoms with Crippen molar-refractivity contribution in [3.63, 3.8) is 0 Å². The van der Waals surface area contributed by atoms with E-state index < -0.39 is 23.8 Å². The van der Waals surface area contributed by atoms with Crippen LogP contribution in [0.3, 0.4) is 0 Å². The van der Waals surface area contributed by atoms with Gasteiger partial charge in [-0.2, -0.15) is 0 Å². The summed E-state index contributed by atoms with van der Waals surface area (Å²) in [6.45, 7) is 1.34. The Kier molecular flexibility index (Phi) is 7.51. The van der Waals surface area contributed by atoms with Crippen molar-refractivity contribution in [2.75, 3.05) is 25.1 Å². The van der Waals surface area contributed by atoms with E-state index in [0.717, 1.165) is 47.9 Å². The van der Waals surface area contributed by atoms with E-state index >= 15 is 0 Å². The number of aromatic nitrogens is 2. The van der Waals surface area contributed by atoms with E-state index in [1.165, 1.54) is 23.6 Å². The van der Waals surface area contributed by atoms with E-state index in [9.17, 15) is 19.2 Å². The SMILES string of the molecule is CN1CCc2nc(C(=O)NC(C=O)CNC(=O)C(=O)N(NC3CC3)c3ccc(Cl)cn3)sc2C1. The number of hydrazine groups is 1. The third-order valence-corrected chi connectivity index (χ3v) is 6.61. The van der Waals surface area contributed by atoms with Crippen molar-refractivity contribution in [2.24, 2.45) is 0 Å². The van der Waals surface area contributed by atoms with E-state index in [1.807, 2.05) is 7.05 Å². The van der Waals surface area contributed by atoms with Gasteiger partial charge in [0.2, 0.25) is 0 Å². The average Bonchev–Trinajstić information content (AvgIpc) is 3.55. The van der Waals surface area contributed by atoms with Crippen LogP contribution >= 0.6 is 22.9 Å². The Hall–Kier alpha value is -2.93. The van der Waals surface area contributed by atoms with Gasteiger partial charge in [-0.05, 0) is 32.0 Å². The predicted molar refractivity (Wildman–Crippen MR) is 125 cm³/mol. The molecule has 1 saturated carbocycles. The van der Waals surface area contributed by atoms with Crippen LogP contribution in [0.2, 0.25) is 5.02 Å². The molecule has 180 valence electrons. The molecule has 1 fully saturated rings.